The Bertz CT molecular complexity index is 1290. The number of hydrogen-bond donors (Lipinski definition) is 3. The van der Waals surface area contributed by atoms with Crippen LogP contribution >= 0.6 is 23.1 Å². The Balaban J connectivity index is 1.42. The highest BCUT2D eigenvalue weighted by atomic mass is 32.2. The Morgan fingerprint density at radius 2 is 2.06 bits per heavy atom. The van der Waals surface area contributed by atoms with Crippen LogP contribution in [0.15, 0.2) is 57.3 Å². The fraction of sp³-hybridized carbons (Fsp3) is 0.143. The first-order valence-corrected chi connectivity index (χ1v) is 11.2. The summed E-state index contributed by atoms with van der Waals surface area (Å²) in [7, 11) is 0. The number of hydrogen-bond acceptors (Lipinski definition) is 7. The number of amides is 2. The topological polar surface area (TPSA) is 131 Å². The van der Waals surface area contributed by atoms with E-state index in [-0.39, 0.29) is 22.5 Å². The van der Waals surface area contributed by atoms with E-state index in [0.29, 0.717) is 38.6 Å². The van der Waals surface area contributed by atoms with Crippen molar-refractivity contribution in [3.05, 3.63) is 69.8 Å². The molecule has 4 aromatic rings. The Hall–Kier alpha value is -3.37. The van der Waals surface area contributed by atoms with Crippen molar-refractivity contribution in [2.75, 3.05) is 11.1 Å². The van der Waals surface area contributed by atoms with Gasteiger partial charge in [0.05, 0.1) is 22.7 Å². The van der Waals surface area contributed by atoms with Gasteiger partial charge < -0.3 is 20.5 Å². The van der Waals surface area contributed by atoms with E-state index in [2.05, 4.69) is 15.3 Å². The minimum absolute atomic E-state index is 0.169. The summed E-state index contributed by atoms with van der Waals surface area (Å²) in [6.07, 6.45) is 1.56. The average molecular weight is 455 g/mol. The number of nitrogens with two attached hydrogens (primary N) is 1. The minimum Gasteiger partial charge on any atom is -0.464 e. The predicted octanol–water partition coefficient (Wildman–Crippen LogP) is 3.78. The Morgan fingerprint density at radius 1 is 1.29 bits per heavy atom. The molecule has 3 heterocycles. The Morgan fingerprint density at radius 3 is 2.74 bits per heavy atom. The molecule has 4 rings (SSSR count). The predicted molar refractivity (Wildman–Crippen MR) is 122 cm³/mol. The van der Waals surface area contributed by atoms with Crippen LogP contribution in [-0.4, -0.2) is 27.5 Å². The largest absolute Gasteiger partial charge is 0.464 e. The van der Waals surface area contributed by atoms with E-state index in [1.807, 2.05) is 12.3 Å². The number of rotatable bonds is 7. The number of H-pyrrole nitrogens is 1. The van der Waals surface area contributed by atoms with E-state index in [4.69, 9.17) is 10.2 Å². The number of carbonyl (C=O) groups is 2. The van der Waals surface area contributed by atoms with Gasteiger partial charge in [-0.2, -0.15) is 0 Å². The zero-order valence-corrected chi connectivity index (χ0v) is 18.0. The van der Waals surface area contributed by atoms with Crippen molar-refractivity contribution in [2.45, 2.75) is 12.2 Å². The highest BCUT2D eigenvalue weighted by Crippen LogP contribution is 2.32. The lowest BCUT2D eigenvalue weighted by atomic mass is 10.2. The first-order valence-electron chi connectivity index (χ1n) is 9.29. The number of aromatic nitrogens is 2. The number of furan rings is 1. The summed E-state index contributed by atoms with van der Waals surface area (Å²) in [5, 5.41) is 4.91. The number of aromatic amines is 1. The number of nitrogens with zero attached hydrogens (tertiary/aromatic N) is 1. The second-order valence-electron chi connectivity index (χ2n) is 6.70. The van der Waals surface area contributed by atoms with Crippen LogP contribution in [0.2, 0.25) is 0 Å². The molecule has 158 valence electrons. The number of carbonyl (C=O) groups excluding carboxylic acids is 2. The molecule has 2 amide bonds. The molecule has 0 bridgehead atoms. The lowest BCUT2D eigenvalue weighted by Crippen LogP contribution is -2.17. The molecule has 0 aliphatic heterocycles. The molecule has 1 atom stereocenters. The summed E-state index contributed by atoms with van der Waals surface area (Å²) in [4.78, 5) is 44.1. The summed E-state index contributed by atoms with van der Waals surface area (Å²) < 4.78 is 5.41. The molecule has 0 aliphatic carbocycles. The zero-order valence-electron chi connectivity index (χ0n) is 16.4. The maximum absolute atomic E-state index is 12.7. The number of thiophene rings is 1. The molecule has 0 aliphatic rings. The zero-order chi connectivity index (χ0) is 22.0. The van der Waals surface area contributed by atoms with E-state index < -0.39 is 5.91 Å². The third-order valence-electron chi connectivity index (χ3n) is 4.55. The molecule has 0 saturated heterocycles. The quantitative estimate of drug-likeness (QED) is 0.389. The highest BCUT2D eigenvalue weighted by molar-refractivity contribution is 8.00. The number of fused-ring (bicyclic) bond motifs is 1. The lowest BCUT2D eigenvalue weighted by Gasteiger charge is -2.11. The van der Waals surface area contributed by atoms with Gasteiger partial charge in [-0.25, -0.2) is 4.98 Å². The van der Waals surface area contributed by atoms with Crippen molar-refractivity contribution < 1.29 is 14.0 Å². The lowest BCUT2D eigenvalue weighted by molar-refractivity contribution is -0.113. The van der Waals surface area contributed by atoms with E-state index in [1.54, 1.807) is 42.7 Å². The molecule has 4 N–H and O–H groups in total. The Kier molecular flexibility index (Phi) is 5.92. The van der Waals surface area contributed by atoms with Crippen LogP contribution < -0.4 is 16.6 Å². The van der Waals surface area contributed by atoms with Gasteiger partial charge in [0, 0.05) is 22.2 Å². The Labute approximate surface area is 184 Å². The molecule has 8 nitrogen and oxygen atoms in total. The summed E-state index contributed by atoms with van der Waals surface area (Å²) in [5.74, 6) is 0.567. The molecule has 0 saturated carbocycles. The molecular formula is C21H18N4O4S2. The molecular weight excluding hydrogens is 436 g/mol. The van der Waals surface area contributed by atoms with Crippen LogP contribution in [0.1, 0.15) is 28.4 Å². The van der Waals surface area contributed by atoms with Gasteiger partial charge in [0.25, 0.3) is 5.56 Å². The van der Waals surface area contributed by atoms with Gasteiger partial charge in [0.1, 0.15) is 16.4 Å². The maximum atomic E-state index is 12.7. The number of primary amides is 1. The molecule has 10 heteroatoms. The van der Waals surface area contributed by atoms with Crippen LogP contribution in [-0.2, 0) is 4.79 Å². The average Bonchev–Trinajstić information content (AvgIpc) is 3.42. The standard InChI is InChI=1S/C21H18N4O4S2/c1-11(30-10-16(26)23-13-6-4-12(5-7-13)18(22)27)19-24-20(28)17-14(9-31-21(17)25-19)15-3-2-8-29-15/h2-9,11H,10H2,1H3,(H2,22,27)(H,23,26)(H,24,25,28). The highest BCUT2D eigenvalue weighted by Gasteiger charge is 2.18. The SMILES string of the molecule is CC(SCC(=O)Nc1ccc(C(N)=O)cc1)c1nc2scc(-c3ccco3)c2c(=O)[nH]1. The molecule has 1 unspecified atom stereocenters. The third kappa shape index (κ3) is 4.54. The first-order chi connectivity index (χ1) is 14.9. The van der Waals surface area contributed by atoms with Gasteiger partial charge in [-0.05, 0) is 43.3 Å². The normalized spacial score (nSPS) is 12.0. The van der Waals surface area contributed by atoms with Crippen LogP contribution in [0, 0.1) is 0 Å². The smallest absolute Gasteiger partial charge is 0.260 e. The van der Waals surface area contributed by atoms with E-state index >= 15 is 0 Å². The fourth-order valence-corrected chi connectivity index (χ4v) is 4.64. The fourth-order valence-electron chi connectivity index (χ4n) is 2.97. The van der Waals surface area contributed by atoms with Gasteiger partial charge in [0.15, 0.2) is 0 Å². The third-order valence-corrected chi connectivity index (χ3v) is 6.58. The molecule has 1 aromatic carbocycles. The minimum atomic E-state index is -0.525. The summed E-state index contributed by atoms with van der Waals surface area (Å²) in [6, 6.07) is 9.90. The number of thioether (sulfide) groups is 1. The molecule has 31 heavy (non-hydrogen) atoms. The maximum Gasteiger partial charge on any atom is 0.260 e. The van der Waals surface area contributed by atoms with Gasteiger partial charge in [-0.3, -0.25) is 14.4 Å². The van der Waals surface area contributed by atoms with Crippen molar-refractivity contribution in [1.82, 2.24) is 9.97 Å². The van der Waals surface area contributed by atoms with E-state index in [9.17, 15) is 14.4 Å². The van der Waals surface area contributed by atoms with Crippen LogP contribution in [0.4, 0.5) is 5.69 Å². The van der Waals surface area contributed by atoms with Gasteiger partial charge in [0.2, 0.25) is 11.8 Å². The second kappa shape index (κ2) is 8.78. The summed E-state index contributed by atoms with van der Waals surface area (Å²) >= 11 is 2.73. The van der Waals surface area contributed by atoms with E-state index in [0.717, 1.165) is 0 Å². The number of anilines is 1. The molecule has 0 radical (unpaired) electrons. The second-order valence-corrected chi connectivity index (χ2v) is 8.89. The van der Waals surface area contributed by atoms with Gasteiger partial charge in [-0.15, -0.1) is 23.1 Å². The van der Waals surface area contributed by atoms with Crippen LogP contribution in [0.25, 0.3) is 21.5 Å². The van der Waals surface area contributed by atoms with Crippen molar-refractivity contribution in [1.29, 1.82) is 0 Å². The van der Waals surface area contributed by atoms with Crippen molar-refractivity contribution >= 4 is 50.8 Å². The van der Waals surface area contributed by atoms with Crippen molar-refractivity contribution in [3.8, 4) is 11.3 Å². The van der Waals surface area contributed by atoms with E-state index in [1.165, 1.54) is 23.1 Å². The number of benzene rings is 1. The molecule has 0 spiro atoms. The molecule has 0 fully saturated rings. The van der Waals surface area contributed by atoms with Crippen LogP contribution in [0.3, 0.4) is 0 Å². The summed E-state index contributed by atoms with van der Waals surface area (Å²) in [6.45, 7) is 1.88. The monoisotopic (exact) mass is 454 g/mol. The van der Waals surface area contributed by atoms with Crippen LogP contribution in [0.5, 0.6) is 0 Å². The first kappa shape index (κ1) is 20.9. The van der Waals surface area contributed by atoms with Gasteiger partial charge >= 0.3 is 0 Å². The number of nitrogens with one attached hydrogen (secondary N) is 2. The summed E-state index contributed by atoms with van der Waals surface area (Å²) in [5.41, 5.74) is 6.63. The van der Waals surface area contributed by atoms with Crippen molar-refractivity contribution in [2.24, 2.45) is 5.73 Å². The molecule has 3 aromatic heterocycles. The van der Waals surface area contributed by atoms with Crippen molar-refractivity contribution in [3.63, 3.8) is 0 Å². The van der Waals surface area contributed by atoms with Gasteiger partial charge in [-0.1, -0.05) is 0 Å².